The number of aliphatic imine (C=N–C) groups is 1. The van der Waals surface area contributed by atoms with Crippen LogP contribution in [0.4, 0.5) is 17.1 Å². The zero-order valence-corrected chi connectivity index (χ0v) is 25.6. The van der Waals surface area contributed by atoms with Crippen LogP contribution in [0.2, 0.25) is 10.0 Å². The highest BCUT2D eigenvalue weighted by atomic mass is 35.5. The van der Waals surface area contributed by atoms with Crippen LogP contribution in [0.5, 0.6) is 0 Å². The molecule has 216 valence electrons. The molecule has 42 heavy (non-hydrogen) atoms. The molecule has 2 heterocycles. The molecule has 1 saturated heterocycles. The minimum absolute atomic E-state index is 0.141. The molecule has 0 spiro atoms. The minimum atomic E-state index is -0.683. The number of likely N-dealkylation sites (N-methyl/N-ethyl adjacent to an activating group) is 2. The van der Waals surface area contributed by atoms with Crippen LogP contribution >= 0.6 is 35.4 Å². The van der Waals surface area contributed by atoms with E-state index in [1.807, 2.05) is 24.3 Å². The van der Waals surface area contributed by atoms with Crippen LogP contribution in [-0.4, -0.2) is 63.7 Å². The lowest BCUT2D eigenvalue weighted by atomic mass is 10.00. The van der Waals surface area contributed by atoms with Crippen molar-refractivity contribution in [2.75, 3.05) is 55.5 Å². The first-order valence-electron chi connectivity index (χ1n) is 13.5. The largest absolute Gasteiger partial charge is 0.378 e. The van der Waals surface area contributed by atoms with Crippen molar-refractivity contribution in [2.24, 2.45) is 4.99 Å². The number of hydrogen-bond donors (Lipinski definition) is 2. The number of morpholine rings is 1. The summed E-state index contributed by atoms with van der Waals surface area (Å²) in [4.78, 5) is 21.2. The third-order valence-electron chi connectivity index (χ3n) is 7.27. The SMILES string of the molecule is CNC1N=C(c2ccccc2Cl)c2cc(Cl)ccc2N(C)C1=O.S=CNc1ccc(N2CCOCC2)c2ccccc12. The van der Waals surface area contributed by atoms with Gasteiger partial charge in [0.1, 0.15) is 0 Å². The number of carbonyl (C=O) groups is 1. The predicted octanol–water partition coefficient (Wildman–Crippen LogP) is 6.40. The van der Waals surface area contributed by atoms with Crippen LogP contribution in [0.3, 0.4) is 0 Å². The number of benzene rings is 4. The molecule has 0 aromatic heterocycles. The number of nitrogens with one attached hydrogen (secondary N) is 2. The van der Waals surface area contributed by atoms with E-state index in [2.05, 4.69) is 56.9 Å². The first-order valence-corrected chi connectivity index (χ1v) is 14.8. The van der Waals surface area contributed by atoms with E-state index in [0.717, 1.165) is 48.8 Å². The Morgan fingerprint density at radius 1 is 0.929 bits per heavy atom. The monoisotopic (exact) mass is 619 g/mol. The molecule has 1 unspecified atom stereocenters. The molecule has 0 aliphatic carbocycles. The number of halogens is 2. The highest BCUT2D eigenvalue weighted by Crippen LogP contribution is 2.33. The standard InChI is InChI=1S/C17H15Cl2N3O.C15H16N2OS/c1-20-16-17(23)22(2)14-8-7-10(18)9-12(14)15(21-16)11-5-3-4-6-13(11)19;19-11-16-14-5-6-15(17-7-9-18-10-8-17)13-4-2-1-3-12(13)14/h3-9,16,20H,1-2H3;1-6,11H,7-10H2,(H,16,19). The van der Waals surface area contributed by atoms with E-state index in [0.29, 0.717) is 15.8 Å². The summed E-state index contributed by atoms with van der Waals surface area (Å²) < 4.78 is 5.42. The number of thiocarbonyl (C=S) groups is 1. The van der Waals surface area contributed by atoms with Crippen LogP contribution in [0, 0.1) is 0 Å². The number of carbonyl (C=O) groups excluding carboxylic acids is 1. The fourth-order valence-corrected chi connectivity index (χ4v) is 5.68. The molecule has 2 aliphatic heterocycles. The molecule has 0 bridgehead atoms. The van der Waals surface area contributed by atoms with E-state index in [1.54, 1.807) is 42.7 Å². The van der Waals surface area contributed by atoms with E-state index in [9.17, 15) is 4.79 Å². The number of benzodiazepines with no additional fused rings is 1. The van der Waals surface area contributed by atoms with E-state index in [1.165, 1.54) is 16.5 Å². The van der Waals surface area contributed by atoms with Gasteiger partial charge in [-0.15, -0.1) is 0 Å². The van der Waals surface area contributed by atoms with Gasteiger partial charge in [0.15, 0.2) is 6.17 Å². The van der Waals surface area contributed by atoms with Gasteiger partial charge in [0, 0.05) is 63.5 Å². The van der Waals surface area contributed by atoms with Gasteiger partial charge in [0.05, 0.1) is 30.1 Å². The van der Waals surface area contributed by atoms with Crippen LogP contribution in [0.15, 0.2) is 83.9 Å². The summed E-state index contributed by atoms with van der Waals surface area (Å²) in [5, 5.41) is 9.67. The van der Waals surface area contributed by atoms with Gasteiger partial charge in [0.25, 0.3) is 5.91 Å². The third-order valence-corrected chi connectivity index (χ3v) is 7.95. The van der Waals surface area contributed by atoms with Crippen LogP contribution in [0.1, 0.15) is 11.1 Å². The van der Waals surface area contributed by atoms with E-state index in [4.69, 9.17) is 40.2 Å². The van der Waals surface area contributed by atoms with Crippen molar-refractivity contribution in [3.63, 3.8) is 0 Å². The van der Waals surface area contributed by atoms with Gasteiger partial charge in [-0.05, 0) is 43.4 Å². The molecule has 6 rings (SSSR count). The zero-order chi connectivity index (χ0) is 29.6. The molecule has 10 heteroatoms. The fraction of sp³-hybridized carbons (Fsp3) is 0.219. The third kappa shape index (κ3) is 6.28. The second kappa shape index (κ2) is 13.6. The molecule has 4 aromatic rings. The van der Waals surface area contributed by atoms with E-state index < -0.39 is 6.17 Å². The summed E-state index contributed by atoms with van der Waals surface area (Å²) in [6, 6.07) is 25.5. The number of rotatable bonds is 5. The Hall–Kier alpha value is -3.53. The lowest BCUT2D eigenvalue weighted by Gasteiger charge is -2.30. The molecule has 0 radical (unpaired) electrons. The molecular weight excluding hydrogens is 589 g/mol. The van der Waals surface area contributed by atoms with Crippen molar-refractivity contribution >= 4 is 80.4 Å². The number of nitrogens with zero attached hydrogens (tertiary/aromatic N) is 3. The number of fused-ring (bicyclic) bond motifs is 2. The number of amides is 1. The Balaban J connectivity index is 0.000000171. The summed E-state index contributed by atoms with van der Waals surface area (Å²) in [5.74, 6) is -0.141. The molecule has 0 saturated carbocycles. The van der Waals surface area contributed by atoms with Gasteiger partial charge >= 0.3 is 0 Å². The van der Waals surface area contributed by atoms with E-state index in [-0.39, 0.29) is 5.91 Å². The Bertz CT molecular complexity index is 1640. The zero-order valence-electron chi connectivity index (χ0n) is 23.3. The first kappa shape index (κ1) is 29.9. The topological polar surface area (TPSA) is 69.2 Å². The summed E-state index contributed by atoms with van der Waals surface area (Å²) in [6.45, 7) is 3.50. The lowest BCUT2D eigenvalue weighted by Crippen LogP contribution is -2.41. The fourth-order valence-electron chi connectivity index (χ4n) is 5.15. The van der Waals surface area contributed by atoms with Crippen LogP contribution in [0.25, 0.3) is 10.8 Å². The van der Waals surface area contributed by atoms with Gasteiger partial charge in [-0.25, -0.2) is 0 Å². The van der Waals surface area contributed by atoms with Crippen molar-refractivity contribution in [1.29, 1.82) is 0 Å². The summed E-state index contributed by atoms with van der Waals surface area (Å²) in [6.07, 6.45) is -0.683. The molecule has 1 atom stereocenters. The molecule has 4 aromatic carbocycles. The van der Waals surface area contributed by atoms with E-state index >= 15 is 0 Å². The van der Waals surface area contributed by atoms with Gasteiger partial charge in [0.2, 0.25) is 0 Å². The molecule has 2 aliphatic rings. The van der Waals surface area contributed by atoms with Gasteiger partial charge in [-0.3, -0.25) is 15.1 Å². The maximum Gasteiger partial charge on any atom is 0.266 e. The normalized spacial score (nSPS) is 16.6. The quantitative estimate of drug-likeness (QED) is 0.252. The maximum atomic E-state index is 12.6. The van der Waals surface area contributed by atoms with Crippen molar-refractivity contribution < 1.29 is 9.53 Å². The Morgan fingerprint density at radius 3 is 2.33 bits per heavy atom. The van der Waals surface area contributed by atoms with Gasteiger partial charge in [-0.1, -0.05) is 77.9 Å². The number of anilines is 3. The molecular formula is C32H31Cl2N5O2S. The summed E-state index contributed by atoms with van der Waals surface area (Å²) in [5.41, 5.74) is 6.81. The van der Waals surface area contributed by atoms with Crippen molar-refractivity contribution in [2.45, 2.75) is 6.17 Å². The van der Waals surface area contributed by atoms with Crippen molar-refractivity contribution in [3.05, 3.63) is 100 Å². The van der Waals surface area contributed by atoms with Crippen molar-refractivity contribution in [1.82, 2.24) is 5.32 Å². The second-order valence-electron chi connectivity index (χ2n) is 9.75. The Morgan fingerprint density at radius 2 is 1.62 bits per heavy atom. The average Bonchev–Trinajstić information content (AvgIpc) is 3.12. The summed E-state index contributed by atoms with van der Waals surface area (Å²) in [7, 11) is 3.43. The van der Waals surface area contributed by atoms with Crippen LogP contribution in [-0.2, 0) is 9.53 Å². The molecule has 1 fully saturated rings. The molecule has 2 N–H and O–H groups in total. The Kier molecular flexibility index (Phi) is 9.72. The second-order valence-corrected chi connectivity index (χ2v) is 10.8. The molecule has 1 amide bonds. The smallest absolute Gasteiger partial charge is 0.266 e. The van der Waals surface area contributed by atoms with Gasteiger partial charge < -0.3 is 19.9 Å². The minimum Gasteiger partial charge on any atom is -0.378 e. The molecule has 7 nitrogen and oxygen atoms in total. The highest BCUT2D eigenvalue weighted by molar-refractivity contribution is 7.79. The lowest BCUT2D eigenvalue weighted by molar-refractivity contribution is -0.119. The average molecular weight is 621 g/mol. The number of hydrogen-bond acceptors (Lipinski definition) is 6. The number of ether oxygens (including phenoxy) is 1. The summed E-state index contributed by atoms with van der Waals surface area (Å²) >= 11 is 17.4. The first-order chi connectivity index (χ1) is 20.4. The Labute approximate surface area is 261 Å². The van der Waals surface area contributed by atoms with Gasteiger partial charge in [-0.2, -0.15) is 0 Å². The maximum absolute atomic E-state index is 12.6. The highest BCUT2D eigenvalue weighted by Gasteiger charge is 2.29. The van der Waals surface area contributed by atoms with Crippen LogP contribution < -0.4 is 20.4 Å². The predicted molar refractivity (Wildman–Crippen MR) is 179 cm³/mol. The van der Waals surface area contributed by atoms with Crippen molar-refractivity contribution in [3.8, 4) is 0 Å².